The van der Waals surface area contributed by atoms with Gasteiger partial charge in [-0.05, 0) is 6.07 Å². The summed E-state index contributed by atoms with van der Waals surface area (Å²) in [7, 11) is 1.84. The van der Waals surface area contributed by atoms with Crippen LogP contribution in [-0.4, -0.2) is 9.55 Å². The van der Waals surface area contributed by atoms with Crippen molar-refractivity contribution in [3.63, 3.8) is 0 Å². The molecule has 10 heavy (non-hydrogen) atoms. The standard InChI is InChI=1S/C7H7N3/c1-3-8-7-9-5-4-6-10(7)2/h1,4-6H,2H3. The van der Waals surface area contributed by atoms with Gasteiger partial charge in [-0.15, -0.1) is 0 Å². The van der Waals surface area contributed by atoms with Crippen molar-refractivity contribution in [1.82, 2.24) is 9.55 Å². The van der Waals surface area contributed by atoms with Gasteiger partial charge in [-0.2, -0.15) is 4.99 Å². The van der Waals surface area contributed by atoms with E-state index in [2.05, 4.69) is 16.0 Å². The molecule has 0 amide bonds. The molecule has 1 aromatic heterocycles. The lowest BCUT2D eigenvalue weighted by atomic mass is 10.7. The number of hydrogen-bond donors (Lipinski definition) is 0. The highest BCUT2D eigenvalue weighted by molar-refractivity contribution is 4.85. The smallest absolute Gasteiger partial charge is 0.238 e. The van der Waals surface area contributed by atoms with Gasteiger partial charge in [0.2, 0.25) is 5.62 Å². The molecule has 1 rings (SSSR count). The Labute approximate surface area is 59.1 Å². The zero-order valence-electron chi connectivity index (χ0n) is 5.65. The molecule has 1 aromatic rings. The Morgan fingerprint density at radius 3 is 3.20 bits per heavy atom. The van der Waals surface area contributed by atoms with Crippen molar-refractivity contribution < 1.29 is 0 Å². The third kappa shape index (κ3) is 1.23. The third-order valence-corrected chi connectivity index (χ3v) is 1.07. The summed E-state index contributed by atoms with van der Waals surface area (Å²) < 4.78 is 1.75. The van der Waals surface area contributed by atoms with Crippen molar-refractivity contribution in [1.29, 1.82) is 0 Å². The topological polar surface area (TPSA) is 30.2 Å². The third-order valence-electron chi connectivity index (χ3n) is 1.07. The molecular formula is C7H7N3. The van der Waals surface area contributed by atoms with Crippen LogP contribution in [0.5, 0.6) is 0 Å². The number of aryl methyl sites for hydroxylation is 1. The van der Waals surface area contributed by atoms with Crippen LogP contribution in [0.4, 0.5) is 0 Å². The predicted octanol–water partition coefficient (Wildman–Crippen LogP) is -0.0885. The van der Waals surface area contributed by atoms with E-state index in [0.717, 1.165) is 0 Å². The Bertz CT molecular complexity index is 316. The first kappa shape index (κ1) is 6.56. The molecule has 0 aliphatic rings. The highest BCUT2D eigenvalue weighted by Gasteiger charge is 1.81. The molecule has 0 saturated carbocycles. The summed E-state index contributed by atoms with van der Waals surface area (Å²) in [6.45, 7) is 0. The van der Waals surface area contributed by atoms with Crippen molar-refractivity contribution in [2.24, 2.45) is 12.0 Å². The van der Waals surface area contributed by atoms with Gasteiger partial charge in [0.25, 0.3) is 0 Å². The average Bonchev–Trinajstić information content (AvgIpc) is 1.94. The summed E-state index contributed by atoms with van der Waals surface area (Å²) in [6.07, 6.45) is 8.44. The fourth-order valence-corrected chi connectivity index (χ4v) is 0.600. The van der Waals surface area contributed by atoms with E-state index in [9.17, 15) is 0 Å². The first-order valence-electron chi connectivity index (χ1n) is 2.81. The van der Waals surface area contributed by atoms with Crippen LogP contribution in [0.1, 0.15) is 0 Å². The van der Waals surface area contributed by atoms with Crippen LogP contribution >= 0.6 is 0 Å². The maximum Gasteiger partial charge on any atom is 0.238 e. The largest absolute Gasteiger partial charge is 0.320 e. The molecule has 1 heterocycles. The Hall–Kier alpha value is -1.56. The van der Waals surface area contributed by atoms with E-state index in [1.807, 2.05) is 19.3 Å². The maximum atomic E-state index is 4.96. The minimum atomic E-state index is 0.546. The van der Waals surface area contributed by atoms with Crippen LogP contribution in [0.15, 0.2) is 23.5 Å². The Morgan fingerprint density at radius 2 is 2.60 bits per heavy atom. The maximum absolute atomic E-state index is 4.96. The summed E-state index contributed by atoms with van der Waals surface area (Å²) in [5.41, 5.74) is 0.546. The highest BCUT2D eigenvalue weighted by Crippen LogP contribution is 1.70. The Morgan fingerprint density at radius 1 is 1.80 bits per heavy atom. The molecule has 3 nitrogen and oxygen atoms in total. The quantitative estimate of drug-likeness (QED) is 0.455. The Kier molecular flexibility index (Phi) is 1.86. The van der Waals surface area contributed by atoms with Crippen molar-refractivity contribution in [2.75, 3.05) is 0 Å². The Balaban J connectivity index is 3.32. The van der Waals surface area contributed by atoms with Crippen LogP contribution in [0.3, 0.4) is 0 Å². The average molecular weight is 133 g/mol. The molecule has 0 N–H and O–H groups in total. The van der Waals surface area contributed by atoms with Crippen molar-refractivity contribution >= 4 is 0 Å². The van der Waals surface area contributed by atoms with Crippen LogP contribution in [0, 0.1) is 12.5 Å². The molecule has 0 radical (unpaired) electrons. The van der Waals surface area contributed by atoms with E-state index in [0.29, 0.717) is 5.62 Å². The monoisotopic (exact) mass is 133 g/mol. The normalized spacial score (nSPS) is 11.0. The van der Waals surface area contributed by atoms with Gasteiger partial charge in [-0.25, -0.2) is 4.98 Å². The van der Waals surface area contributed by atoms with Crippen LogP contribution in [-0.2, 0) is 7.05 Å². The minimum Gasteiger partial charge on any atom is -0.320 e. The molecule has 50 valence electrons. The lowest BCUT2D eigenvalue weighted by molar-refractivity contribution is 0.784. The summed E-state index contributed by atoms with van der Waals surface area (Å²) in [4.78, 5) is 7.61. The molecule has 0 aliphatic carbocycles. The molecule has 0 bridgehead atoms. The van der Waals surface area contributed by atoms with E-state index in [4.69, 9.17) is 6.42 Å². The summed E-state index contributed by atoms with van der Waals surface area (Å²) in [5.74, 6) is 0. The molecule has 0 fully saturated rings. The first-order chi connectivity index (χ1) is 4.84. The van der Waals surface area contributed by atoms with E-state index in [-0.39, 0.29) is 0 Å². The van der Waals surface area contributed by atoms with Crippen LogP contribution in [0.2, 0.25) is 0 Å². The molecule has 0 aromatic carbocycles. The fourth-order valence-electron chi connectivity index (χ4n) is 0.600. The second-order valence-electron chi connectivity index (χ2n) is 1.77. The van der Waals surface area contributed by atoms with E-state index in [1.54, 1.807) is 10.8 Å². The van der Waals surface area contributed by atoms with E-state index in [1.165, 1.54) is 0 Å². The number of aromatic nitrogens is 2. The summed E-state index contributed by atoms with van der Waals surface area (Å²) in [5, 5.41) is 0. The fraction of sp³-hybridized carbons (Fsp3) is 0.143. The van der Waals surface area contributed by atoms with Crippen LogP contribution in [0.25, 0.3) is 0 Å². The predicted molar refractivity (Wildman–Crippen MR) is 37.6 cm³/mol. The van der Waals surface area contributed by atoms with Gasteiger partial charge >= 0.3 is 0 Å². The molecular weight excluding hydrogens is 126 g/mol. The van der Waals surface area contributed by atoms with Gasteiger partial charge in [0.1, 0.15) is 0 Å². The van der Waals surface area contributed by atoms with E-state index >= 15 is 0 Å². The van der Waals surface area contributed by atoms with Gasteiger partial charge in [0.05, 0.1) is 0 Å². The SMILES string of the molecule is C#CN=c1ncccn1C. The summed E-state index contributed by atoms with van der Waals surface area (Å²) in [6, 6.07) is 3.98. The van der Waals surface area contributed by atoms with Gasteiger partial charge in [0, 0.05) is 25.5 Å². The lowest BCUT2D eigenvalue weighted by Crippen LogP contribution is -2.19. The van der Waals surface area contributed by atoms with Crippen molar-refractivity contribution in [3.8, 4) is 12.5 Å². The second kappa shape index (κ2) is 2.83. The molecule has 0 saturated heterocycles. The van der Waals surface area contributed by atoms with Gasteiger partial charge in [-0.1, -0.05) is 6.42 Å². The van der Waals surface area contributed by atoms with Gasteiger partial charge in [-0.3, -0.25) is 0 Å². The van der Waals surface area contributed by atoms with Gasteiger partial charge in [0.15, 0.2) is 0 Å². The van der Waals surface area contributed by atoms with Crippen molar-refractivity contribution in [3.05, 3.63) is 24.1 Å². The molecule has 3 heteroatoms. The number of nitrogens with zero attached hydrogens (tertiary/aromatic N) is 3. The second-order valence-corrected chi connectivity index (χ2v) is 1.77. The molecule has 0 aliphatic heterocycles. The first-order valence-corrected chi connectivity index (χ1v) is 2.81. The molecule has 0 unspecified atom stereocenters. The van der Waals surface area contributed by atoms with Crippen LogP contribution < -0.4 is 5.62 Å². The summed E-state index contributed by atoms with van der Waals surface area (Å²) >= 11 is 0. The van der Waals surface area contributed by atoms with Gasteiger partial charge < -0.3 is 4.57 Å². The molecule has 0 spiro atoms. The zero-order chi connectivity index (χ0) is 7.40. The van der Waals surface area contributed by atoms with Crippen molar-refractivity contribution in [2.45, 2.75) is 0 Å². The minimum absolute atomic E-state index is 0.546. The highest BCUT2D eigenvalue weighted by atomic mass is 15.0. The number of hydrogen-bond acceptors (Lipinski definition) is 2. The van der Waals surface area contributed by atoms with E-state index < -0.39 is 0 Å². The number of terminal acetylenes is 1. The molecule has 0 atom stereocenters. The zero-order valence-corrected chi connectivity index (χ0v) is 5.65. The lowest BCUT2D eigenvalue weighted by Gasteiger charge is -1.92. The number of rotatable bonds is 0.